The summed E-state index contributed by atoms with van der Waals surface area (Å²) < 4.78 is 15.6. The minimum absolute atomic E-state index is 0.0781. The first kappa shape index (κ1) is 19.7. The number of likely N-dealkylation sites (N-methyl/N-ethyl adjacent to an activating group) is 1. The molecule has 1 unspecified atom stereocenters. The molecule has 1 aromatic rings. The second-order valence-electron chi connectivity index (χ2n) is 5.34. The number of carbonyl (C=O) groups is 2. The van der Waals surface area contributed by atoms with Gasteiger partial charge in [-0.2, -0.15) is 0 Å². The number of methoxy groups -OCH3 is 2. The van der Waals surface area contributed by atoms with E-state index in [9.17, 15) is 9.59 Å². The molecule has 1 atom stereocenters. The fourth-order valence-electron chi connectivity index (χ4n) is 1.79. The van der Waals surface area contributed by atoms with Crippen molar-refractivity contribution in [2.24, 2.45) is 5.73 Å². The lowest BCUT2D eigenvalue weighted by atomic mass is 10.2. The number of amides is 2. The zero-order valence-corrected chi connectivity index (χ0v) is 14.5. The quantitative estimate of drug-likeness (QED) is 0.643. The molecule has 0 fully saturated rings. The largest absolute Gasteiger partial charge is 0.493 e. The van der Waals surface area contributed by atoms with Crippen LogP contribution in [0.25, 0.3) is 0 Å². The summed E-state index contributed by atoms with van der Waals surface area (Å²) in [6.07, 6.45) is 0. The fourth-order valence-corrected chi connectivity index (χ4v) is 1.79. The van der Waals surface area contributed by atoms with E-state index in [1.54, 1.807) is 32.3 Å². The summed E-state index contributed by atoms with van der Waals surface area (Å²) in [5.41, 5.74) is 6.46. The Labute approximate surface area is 141 Å². The van der Waals surface area contributed by atoms with E-state index in [1.165, 1.54) is 19.1 Å². The summed E-state index contributed by atoms with van der Waals surface area (Å²) in [6, 6.07) is 4.49. The van der Waals surface area contributed by atoms with E-state index in [2.05, 4.69) is 5.32 Å². The second-order valence-corrected chi connectivity index (χ2v) is 5.34. The molecule has 0 aliphatic carbocycles. The third-order valence-corrected chi connectivity index (χ3v) is 3.23. The van der Waals surface area contributed by atoms with Crippen LogP contribution in [0.3, 0.4) is 0 Å². The van der Waals surface area contributed by atoms with Gasteiger partial charge in [0.2, 0.25) is 5.91 Å². The van der Waals surface area contributed by atoms with E-state index in [1.807, 2.05) is 0 Å². The molecule has 0 saturated carbocycles. The molecule has 0 aliphatic heterocycles. The number of carbonyl (C=O) groups excluding carboxylic acids is 2. The molecule has 8 nitrogen and oxygen atoms in total. The summed E-state index contributed by atoms with van der Waals surface area (Å²) in [5, 5.41) is 2.72. The number of hydrogen-bond donors (Lipinski definition) is 2. The molecule has 1 rings (SSSR count). The Kier molecular flexibility index (Phi) is 8.00. The first-order chi connectivity index (χ1) is 11.4. The van der Waals surface area contributed by atoms with Gasteiger partial charge in [0, 0.05) is 27.7 Å². The van der Waals surface area contributed by atoms with Crippen molar-refractivity contribution in [2.75, 3.05) is 41.5 Å². The molecular formula is C16H25N3O5. The Bertz CT molecular complexity index is 563. The van der Waals surface area contributed by atoms with E-state index in [0.29, 0.717) is 18.0 Å². The predicted molar refractivity (Wildman–Crippen MR) is 88.9 cm³/mol. The molecule has 0 heterocycles. The van der Waals surface area contributed by atoms with Crippen LogP contribution in [0, 0.1) is 0 Å². The number of nitrogens with two attached hydrogens (primary N) is 1. The third-order valence-electron chi connectivity index (χ3n) is 3.23. The van der Waals surface area contributed by atoms with Gasteiger partial charge >= 0.3 is 0 Å². The van der Waals surface area contributed by atoms with Gasteiger partial charge in [0.1, 0.15) is 6.04 Å². The summed E-state index contributed by atoms with van der Waals surface area (Å²) >= 11 is 0. The number of nitrogens with one attached hydrogen (secondary N) is 1. The summed E-state index contributed by atoms with van der Waals surface area (Å²) in [4.78, 5) is 24.8. The highest BCUT2D eigenvalue weighted by molar-refractivity contribution is 5.81. The number of hydrogen-bond acceptors (Lipinski definition) is 6. The molecule has 0 aliphatic rings. The van der Waals surface area contributed by atoms with Crippen LogP contribution in [-0.4, -0.2) is 64.3 Å². The van der Waals surface area contributed by atoms with Crippen molar-refractivity contribution < 1.29 is 23.8 Å². The SMILES string of the molecule is COCC(N)C(=O)NCc1ccc(OCC(=O)N(C)C)c(OC)c1. The van der Waals surface area contributed by atoms with Crippen LogP contribution in [0.1, 0.15) is 5.56 Å². The van der Waals surface area contributed by atoms with Crippen molar-refractivity contribution in [1.82, 2.24) is 10.2 Å². The average molecular weight is 339 g/mol. The zero-order chi connectivity index (χ0) is 18.1. The van der Waals surface area contributed by atoms with Crippen LogP contribution < -0.4 is 20.5 Å². The topological polar surface area (TPSA) is 103 Å². The minimum Gasteiger partial charge on any atom is -0.493 e. The Morgan fingerprint density at radius 3 is 2.54 bits per heavy atom. The summed E-state index contributed by atoms with van der Waals surface area (Å²) in [5.74, 6) is 0.488. The first-order valence-electron chi connectivity index (χ1n) is 7.41. The molecule has 24 heavy (non-hydrogen) atoms. The predicted octanol–water partition coefficient (Wildman–Crippen LogP) is -0.248. The van der Waals surface area contributed by atoms with E-state index in [-0.39, 0.29) is 25.0 Å². The van der Waals surface area contributed by atoms with Gasteiger partial charge in [-0.1, -0.05) is 6.07 Å². The van der Waals surface area contributed by atoms with Crippen LogP contribution in [-0.2, 0) is 20.9 Å². The van der Waals surface area contributed by atoms with Crippen molar-refractivity contribution >= 4 is 11.8 Å². The zero-order valence-electron chi connectivity index (χ0n) is 14.5. The Morgan fingerprint density at radius 1 is 1.25 bits per heavy atom. The lowest BCUT2D eigenvalue weighted by molar-refractivity contribution is -0.130. The second kappa shape index (κ2) is 9.74. The van der Waals surface area contributed by atoms with Crippen LogP contribution >= 0.6 is 0 Å². The number of nitrogens with zero attached hydrogens (tertiary/aromatic N) is 1. The van der Waals surface area contributed by atoms with Crippen molar-refractivity contribution in [3.8, 4) is 11.5 Å². The maximum absolute atomic E-state index is 11.8. The molecular weight excluding hydrogens is 314 g/mol. The Balaban J connectivity index is 2.66. The first-order valence-corrected chi connectivity index (χ1v) is 7.41. The number of benzene rings is 1. The smallest absolute Gasteiger partial charge is 0.259 e. The van der Waals surface area contributed by atoms with E-state index >= 15 is 0 Å². The Hall–Kier alpha value is -2.32. The van der Waals surface area contributed by atoms with Gasteiger partial charge in [-0.25, -0.2) is 0 Å². The normalized spacial score (nSPS) is 11.5. The maximum atomic E-state index is 11.8. The summed E-state index contributed by atoms with van der Waals surface area (Å²) in [7, 11) is 6.30. The van der Waals surface area contributed by atoms with Gasteiger partial charge < -0.3 is 30.2 Å². The Morgan fingerprint density at radius 2 is 1.96 bits per heavy atom. The average Bonchev–Trinajstić information content (AvgIpc) is 2.57. The standard InChI is InChI=1S/C16H25N3O5/c1-19(2)15(20)10-24-13-6-5-11(7-14(13)23-4)8-18-16(21)12(17)9-22-3/h5-7,12H,8-10,17H2,1-4H3,(H,18,21). The van der Waals surface area contributed by atoms with Gasteiger partial charge in [-0.05, 0) is 17.7 Å². The summed E-state index contributed by atoms with van der Waals surface area (Å²) in [6.45, 7) is 0.372. The highest BCUT2D eigenvalue weighted by Crippen LogP contribution is 2.28. The molecule has 134 valence electrons. The van der Waals surface area contributed by atoms with Crippen molar-refractivity contribution in [2.45, 2.75) is 12.6 Å². The molecule has 0 radical (unpaired) electrons. The lowest BCUT2D eigenvalue weighted by Crippen LogP contribution is -2.43. The van der Waals surface area contributed by atoms with Crippen molar-refractivity contribution in [3.63, 3.8) is 0 Å². The fraction of sp³-hybridized carbons (Fsp3) is 0.500. The van der Waals surface area contributed by atoms with Crippen LogP contribution in [0.4, 0.5) is 0 Å². The van der Waals surface area contributed by atoms with Crippen molar-refractivity contribution in [1.29, 1.82) is 0 Å². The number of rotatable bonds is 9. The molecule has 2 amide bonds. The van der Waals surface area contributed by atoms with Gasteiger partial charge in [0.15, 0.2) is 18.1 Å². The van der Waals surface area contributed by atoms with Gasteiger partial charge in [-0.3, -0.25) is 9.59 Å². The molecule has 0 bridgehead atoms. The highest BCUT2D eigenvalue weighted by Gasteiger charge is 2.13. The van der Waals surface area contributed by atoms with Gasteiger partial charge in [0.25, 0.3) is 5.91 Å². The van der Waals surface area contributed by atoms with E-state index in [4.69, 9.17) is 19.9 Å². The maximum Gasteiger partial charge on any atom is 0.259 e. The van der Waals surface area contributed by atoms with Crippen LogP contribution in [0.5, 0.6) is 11.5 Å². The molecule has 1 aromatic carbocycles. The molecule has 0 saturated heterocycles. The van der Waals surface area contributed by atoms with E-state index < -0.39 is 6.04 Å². The van der Waals surface area contributed by atoms with Gasteiger partial charge in [-0.15, -0.1) is 0 Å². The number of ether oxygens (including phenoxy) is 3. The van der Waals surface area contributed by atoms with Crippen LogP contribution in [0.15, 0.2) is 18.2 Å². The monoisotopic (exact) mass is 339 g/mol. The highest BCUT2D eigenvalue weighted by atomic mass is 16.5. The molecule has 8 heteroatoms. The minimum atomic E-state index is -0.712. The van der Waals surface area contributed by atoms with Crippen molar-refractivity contribution in [3.05, 3.63) is 23.8 Å². The van der Waals surface area contributed by atoms with Crippen LogP contribution in [0.2, 0.25) is 0 Å². The lowest BCUT2D eigenvalue weighted by Gasteiger charge is -2.15. The van der Waals surface area contributed by atoms with Gasteiger partial charge in [0.05, 0.1) is 13.7 Å². The van der Waals surface area contributed by atoms with E-state index in [0.717, 1.165) is 5.56 Å². The molecule has 0 aromatic heterocycles. The molecule has 3 N–H and O–H groups in total. The molecule has 0 spiro atoms. The third kappa shape index (κ3) is 6.05.